The lowest BCUT2D eigenvalue weighted by Gasteiger charge is -2.37. The molecule has 0 spiro atoms. The molecule has 20 heavy (non-hydrogen) atoms. The Hall–Kier alpha value is -0.980. The monoisotopic (exact) mass is 297 g/mol. The van der Waals surface area contributed by atoms with Crippen LogP contribution in [0.1, 0.15) is 31.9 Å². The zero-order chi connectivity index (χ0) is 14.8. The third kappa shape index (κ3) is 3.77. The molecule has 0 aromatic carbocycles. The highest BCUT2D eigenvalue weighted by Crippen LogP contribution is 2.22. The maximum Gasteiger partial charge on any atom is 0.211 e. The van der Waals surface area contributed by atoms with Gasteiger partial charge in [-0.25, -0.2) is 12.7 Å². The molecule has 2 rings (SSSR count). The van der Waals surface area contributed by atoms with Crippen molar-refractivity contribution in [3.63, 3.8) is 0 Å². The Morgan fingerprint density at radius 2 is 2.05 bits per heavy atom. The fraction of sp³-hybridized carbons (Fsp3) is 0.643. The van der Waals surface area contributed by atoms with Crippen molar-refractivity contribution in [2.45, 2.75) is 32.4 Å². The summed E-state index contributed by atoms with van der Waals surface area (Å²) in [6.45, 7) is 5.43. The summed E-state index contributed by atoms with van der Waals surface area (Å²) in [5.74, 6) is 0.308. The van der Waals surface area contributed by atoms with Crippen LogP contribution in [0.2, 0.25) is 0 Å². The van der Waals surface area contributed by atoms with Crippen molar-refractivity contribution in [1.29, 1.82) is 0 Å². The molecule has 5 nitrogen and oxygen atoms in total. The van der Waals surface area contributed by atoms with E-state index in [1.54, 1.807) is 16.7 Å². The molecule has 2 heterocycles. The van der Waals surface area contributed by atoms with Crippen LogP contribution in [0.3, 0.4) is 0 Å². The Morgan fingerprint density at radius 1 is 1.40 bits per heavy atom. The summed E-state index contributed by atoms with van der Waals surface area (Å²) in [6, 6.07) is 4.61. The molecule has 3 atom stereocenters. The van der Waals surface area contributed by atoms with Gasteiger partial charge < -0.3 is 5.32 Å². The van der Waals surface area contributed by atoms with Gasteiger partial charge in [-0.15, -0.1) is 0 Å². The third-order valence-electron chi connectivity index (χ3n) is 4.01. The zero-order valence-corrected chi connectivity index (χ0v) is 13.1. The molecule has 1 fully saturated rings. The summed E-state index contributed by atoms with van der Waals surface area (Å²) in [5, 5.41) is 3.61. The van der Waals surface area contributed by atoms with Gasteiger partial charge in [0.15, 0.2) is 0 Å². The molecule has 0 amide bonds. The lowest BCUT2D eigenvalue weighted by molar-refractivity contribution is 0.210. The fourth-order valence-electron chi connectivity index (χ4n) is 2.73. The molecular formula is C14H23N3O2S. The molecule has 0 radical (unpaired) electrons. The second-order valence-electron chi connectivity index (χ2n) is 5.66. The van der Waals surface area contributed by atoms with Gasteiger partial charge in [0.05, 0.1) is 6.26 Å². The van der Waals surface area contributed by atoms with E-state index < -0.39 is 10.0 Å². The molecule has 1 aromatic rings. The van der Waals surface area contributed by atoms with E-state index in [0.29, 0.717) is 25.0 Å². The number of nitrogens with zero attached hydrogens (tertiary/aromatic N) is 2. The number of nitrogens with one attached hydrogen (secondary N) is 1. The van der Waals surface area contributed by atoms with Gasteiger partial charge >= 0.3 is 0 Å². The number of pyridine rings is 1. The van der Waals surface area contributed by atoms with Gasteiger partial charge in [-0.3, -0.25) is 4.98 Å². The normalized spacial score (nSPS) is 26.4. The van der Waals surface area contributed by atoms with E-state index in [1.165, 1.54) is 11.8 Å². The fourth-order valence-corrected chi connectivity index (χ4v) is 3.67. The summed E-state index contributed by atoms with van der Waals surface area (Å²) < 4.78 is 24.7. The quantitative estimate of drug-likeness (QED) is 0.912. The van der Waals surface area contributed by atoms with Crippen LogP contribution in [-0.2, 0) is 10.0 Å². The lowest BCUT2D eigenvalue weighted by atomic mass is 9.94. The van der Waals surface area contributed by atoms with Crippen LogP contribution in [0.15, 0.2) is 24.5 Å². The van der Waals surface area contributed by atoms with E-state index in [2.05, 4.69) is 24.1 Å². The van der Waals surface area contributed by atoms with Gasteiger partial charge in [0.25, 0.3) is 0 Å². The van der Waals surface area contributed by atoms with Gasteiger partial charge in [-0.2, -0.15) is 0 Å². The van der Waals surface area contributed by atoms with Crippen LogP contribution < -0.4 is 5.32 Å². The van der Waals surface area contributed by atoms with Crippen molar-refractivity contribution in [3.05, 3.63) is 30.1 Å². The summed E-state index contributed by atoms with van der Waals surface area (Å²) in [6.07, 6.45) is 5.73. The Bertz CT molecular complexity index is 533. The van der Waals surface area contributed by atoms with E-state index in [0.717, 1.165) is 6.42 Å². The summed E-state index contributed by atoms with van der Waals surface area (Å²) in [5.41, 5.74) is 1.21. The second kappa shape index (κ2) is 6.20. The molecule has 1 aromatic heterocycles. The standard InChI is InChI=1S/C14H23N3O2S/c1-11-10-17(20(3,18)19)9-6-14(11)16-12(2)13-4-7-15-8-5-13/h4-5,7-8,11-12,14,16H,6,9-10H2,1-3H3/t11-,12-,14+/m0/s1. The predicted molar refractivity (Wildman–Crippen MR) is 79.8 cm³/mol. The van der Waals surface area contributed by atoms with Crippen LogP contribution in [0, 0.1) is 5.92 Å². The minimum Gasteiger partial charge on any atom is -0.307 e. The van der Waals surface area contributed by atoms with E-state index in [4.69, 9.17) is 0 Å². The molecule has 112 valence electrons. The maximum atomic E-state index is 11.6. The van der Waals surface area contributed by atoms with E-state index >= 15 is 0 Å². The topological polar surface area (TPSA) is 62.3 Å². The molecular weight excluding hydrogens is 274 g/mol. The van der Waals surface area contributed by atoms with Crippen molar-refractivity contribution in [1.82, 2.24) is 14.6 Å². The highest BCUT2D eigenvalue weighted by Gasteiger charge is 2.30. The van der Waals surface area contributed by atoms with Gasteiger partial charge in [0, 0.05) is 37.6 Å². The predicted octanol–water partition coefficient (Wildman–Crippen LogP) is 1.40. The SMILES string of the molecule is C[C@H](N[C@@H]1CCN(S(C)(=O)=O)C[C@@H]1C)c1ccncc1. The van der Waals surface area contributed by atoms with Gasteiger partial charge in [-0.05, 0) is 37.0 Å². The smallest absolute Gasteiger partial charge is 0.211 e. The number of piperidine rings is 1. The number of aromatic nitrogens is 1. The molecule has 0 unspecified atom stereocenters. The Kier molecular flexibility index (Phi) is 4.78. The molecule has 1 saturated heterocycles. The molecule has 0 saturated carbocycles. The molecule has 0 aliphatic carbocycles. The zero-order valence-electron chi connectivity index (χ0n) is 12.3. The van der Waals surface area contributed by atoms with Crippen LogP contribution >= 0.6 is 0 Å². The summed E-state index contributed by atoms with van der Waals surface area (Å²) in [7, 11) is -3.07. The molecule has 1 aliphatic rings. The van der Waals surface area contributed by atoms with Gasteiger partial charge in [-0.1, -0.05) is 6.92 Å². The highest BCUT2D eigenvalue weighted by atomic mass is 32.2. The summed E-state index contributed by atoms with van der Waals surface area (Å²) >= 11 is 0. The first kappa shape index (κ1) is 15.4. The molecule has 0 bridgehead atoms. The highest BCUT2D eigenvalue weighted by molar-refractivity contribution is 7.88. The van der Waals surface area contributed by atoms with Crippen molar-refractivity contribution < 1.29 is 8.42 Å². The van der Waals surface area contributed by atoms with E-state index in [1.807, 2.05) is 12.1 Å². The molecule has 1 aliphatic heterocycles. The minimum atomic E-state index is -3.07. The number of sulfonamides is 1. The van der Waals surface area contributed by atoms with Crippen LogP contribution in [0.25, 0.3) is 0 Å². The van der Waals surface area contributed by atoms with Crippen molar-refractivity contribution in [2.24, 2.45) is 5.92 Å². The van der Waals surface area contributed by atoms with Crippen LogP contribution in [0.5, 0.6) is 0 Å². The average Bonchev–Trinajstić information content (AvgIpc) is 2.41. The minimum absolute atomic E-state index is 0.246. The Morgan fingerprint density at radius 3 is 2.60 bits per heavy atom. The van der Waals surface area contributed by atoms with Crippen molar-refractivity contribution in [2.75, 3.05) is 19.3 Å². The van der Waals surface area contributed by atoms with E-state index in [9.17, 15) is 8.42 Å². The van der Waals surface area contributed by atoms with Gasteiger partial charge in [0.1, 0.15) is 0 Å². The Labute approximate surface area is 121 Å². The summed E-state index contributed by atoms with van der Waals surface area (Å²) in [4.78, 5) is 4.03. The first-order valence-corrected chi connectivity index (χ1v) is 8.84. The number of rotatable bonds is 4. The van der Waals surface area contributed by atoms with Gasteiger partial charge in [0.2, 0.25) is 10.0 Å². The number of hydrogen-bond acceptors (Lipinski definition) is 4. The van der Waals surface area contributed by atoms with E-state index in [-0.39, 0.29) is 6.04 Å². The number of hydrogen-bond donors (Lipinski definition) is 1. The average molecular weight is 297 g/mol. The first-order valence-electron chi connectivity index (χ1n) is 6.99. The third-order valence-corrected chi connectivity index (χ3v) is 5.28. The van der Waals surface area contributed by atoms with Crippen molar-refractivity contribution in [3.8, 4) is 0 Å². The molecule has 6 heteroatoms. The molecule has 1 N–H and O–H groups in total. The first-order chi connectivity index (χ1) is 9.38. The maximum absolute atomic E-state index is 11.6. The van der Waals surface area contributed by atoms with Crippen LogP contribution in [-0.4, -0.2) is 43.1 Å². The largest absolute Gasteiger partial charge is 0.307 e. The van der Waals surface area contributed by atoms with Crippen molar-refractivity contribution >= 4 is 10.0 Å². The van der Waals surface area contributed by atoms with Crippen LogP contribution in [0.4, 0.5) is 0 Å². The second-order valence-corrected chi connectivity index (χ2v) is 7.64. The lowest BCUT2D eigenvalue weighted by Crippen LogP contribution is -2.50. The Balaban J connectivity index is 1.95.